The number of hydrogen-bond acceptors (Lipinski definition) is 4. The number of aromatic nitrogens is 1. The van der Waals surface area contributed by atoms with Gasteiger partial charge in [0.25, 0.3) is 0 Å². The first-order valence-electron chi connectivity index (χ1n) is 5.01. The third-order valence-electron chi connectivity index (χ3n) is 2.26. The number of pyridine rings is 1. The molecule has 0 aliphatic heterocycles. The fraction of sp³-hybridized carbons (Fsp3) is 0.0833. The second-order valence-corrected chi connectivity index (χ2v) is 3.93. The summed E-state index contributed by atoms with van der Waals surface area (Å²) in [5.41, 5.74) is 1.70. The molecule has 1 aromatic carbocycles. The summed E-state index contributed by atoms with van der Waals surface area (Å²) < 4.78 is 0. The molecular formula is C12H11ClN2O2. The highest BCUT2D eigenvalue weighted by Crippen LogP contribution is 2.25. The van der Waals surface area contributed by atoms with Crippen LogP contribution in [-0.4, -0.2) is 15.2 Å². The molecule has 1 heterocycles. The number of nitrogens with one attached hydrogen (secondary N) is 1. The summed E-state index contributed by atoms with van der Waals surface area (Å²) in [4.78, 5) is 3.87. The summed E-state index contributed by atoms with van der Waals surface area (Å²) in [7, 11) is 0. The SMILES string of the molecule is Oc1ccc(CNc2ccnc(Cl)c2)cc1O. The third-order valence-corrected chi connectivity index (χ3v) is 2.47. The van der Waals surface area contributed by atoms with E-state index in [-0.39, 0.29) is 11.5 Å². The molecule has 0 saturated heterocycles. The first-order valence-corrected chi connectivity index (χ1v) is 5.39. The fourth-order valence-corrected chi connectivity index (χ4v) is 1.57. The van der Waals surface area contributed by atoms with Crippen LogP contribution >= 0.6 is 11.6 Å². The predicted molar refractivity (Wildman–Crippen MR) is 66.3 cm³/mol. The Balaban J connectivity index is 2.05. The molecule has 0 fully saturated rings. The Kier molecular flexibility index (Phi) is 3.35. The fourth-order valence-electron chi connectivity index (χ4n) is 1.40. The van der Waals surface area contributed by atoms with Crippen LogP contribution in [0.2, 0.25) is 5.15 Å². The van der Waals surface area contributed by atoms with E-state index in [9.17, 15) is 5.11 Å². The van der Waals surface area contributed by atoms with Crippen molar-refractivity contribution in [2.75, 3.05) is 5.32 Å². The van der Waals surface area contributed by atoms with Crippen molar-refractivity contribution in [1.82, 2.24) is 4.98 Å². The number of hydrogen-bond donors (Lipinski definition) is 3. The first-order chi connectivity index (χ1) is 8.15. The molecule has 88 valence electrons. The summed E-state index contributed by atoms with van der Waals surface area (Å²) in [5, 5.41) is 22.1. The van der Waals surface area contributed by atoms with E-state index >= 15 is 0 Å². The number of phenols is 2. The minimum Gasteiger partial charge on any atom is -0.504 e. The van der Waals surface area contributed by atoms with Crippen molar-refractivity contribution in [3.63, 3.8) is 0 Å². The minimum atomic E-state index is -0.128. The second-order valence-electron chi connectivity index (χ2n) is 3.54. The smallest absolute Gasteiger partial charge is 0.157 e. The molecule has 2 rings (SSSR count). The van der Waals surface area contributed by atoms with Gasteiger partial charge in [-0.1, -0.05) is 17.7 Å². The van der Waals surface area contributed by atoms with E-state index in [4.69, 9.17) is 16.7 Å². The van der Waals surface area contributed by atoms with Crippen molar-refractivity contribution in [3.05, 3.63) is 47.2 Å². The molecule has 3 N–H and O–H groups in total. The number of rotatable bonds is 3. The van der Waals surface area contributed by atoms with E-state index in [1.807, 2.05) is 0 Å². The van der Waals surface area contributed by atoms with Gasteiger partial charge in [-0.3, -0.25) is 0 Å². The van der Waals surface area contributed by atoms with Crippen molar-refractivity contribution >= 4 is 17.3 Å². The largest absolute Gasteiger partial charge is 0.504 e. The van der Waals surface area contributed by atoms with Gasteiger partial charge in [-0.25, -0.2) is 4.98 Å². The normalized spacial score (nSPS) is 10.2. The summed E-state index contributed by atoms with van der Waals surface area (Å²) >= 11 is 5.75. The third kappa shape index (κ3) is 3.01. The highest BCUT2D eigenvalue weighted by molar-refractivity contribution is 6.29. The average Bonchev–Trinajstić information content (AvgIpc) is 2.31. The summed E-state index contributed by atoms with van der Waals surface area (Å²) in [5.74, 6) is -0.252. The number of phenolic OH excluding ortho intramolecular Hbond substituents is 2. The number of benzene rings is 1. The van der Waals surface area contributed by atoms with Gasteiger partial charge in [-0.05, 0) is 29.8 Å². The lowest BCUT2D eigenvalue weighted by atomic mass is 10.2. The molecule has 0 aliphatic rings. The van der Waals surface area contributed by atoms with E-state index in [2.05, 4.69) is 10.3 Å². The van der Waals surface area contributed by atoms with Crippen molar-refractivity contribution in [1.29, 1.82) is 0 Å². The number of aromatic hydroxyl groups is 2. The zero-order valence-corrected chi connectivity index (χ0v) is 9.65. The molecule has 0 unspecified atom stereocenters. The monoisotopic (exact) mass is 250 g/mol. The first kappa shape index (κ1) is 11.5. The molecule has 0 bridgehead atoms. The Labute approximate surface area is 104 Å². The quantitative estimate of drug-likeness (QED) is 0.579. The molecule has 4 nitrogen and oxygen atoms in total. The Morgan fingerprint density at radius 2 is 1.94 bits per heavy atom. The topological polar surface area (TPSA) is 65.4 Å². The van der Waals surface area contributed by atoms with Crippen LogP contribution in [0.3, 0.4) is 0 Å². The number of halogens is 1. The van der Waals surface area contributed by atoms with Crippen molar-refractivity contribution in [3.8, 4) is 11.5 Å². The lowest BCUT2D eigenvalue weighted by Gasteiger charge is -2.07. The molecule has 2 aromatic rings. The van der Waals surface area contributed by atoms with Gasteiger partial charge < -0.3 is 15.5 Å². The molecule has 0 aliphatic carbocycles. The molecule has 5 heteroatoms. The van der Waals surface area contributed by atoms with E-state index in [0.29, 0.717) is 11.7 Å². The van der Waals surface area contributed by atoms with Gasteiger partial charge in [-0.15, -0.1) is 0 Å². The van der Waals surface area contributed by atoms with Crippen molar-refractivity contribution in [2.24, 2.45) is 0 Å². The lowest BCUT2D eigenvalue weighted by Crippen LogP contribution is -1.99. The van der Waals surface area contributed by atoms with Crippen LogP contribution < -0.4 is 5.32 Å². The standard InChI is InChI=1S/C12H11ClN2O2/c13-12-6-9(3-4-14-12)15-7-8-1-2-10(16)11(17)5-8/h1-6,16-17H,7H2,(H,14,15). The molecule has 17 heavy (non-hydrogen) atoms. The molecule has 0 radical (unpaired) electrons. The van der Waals surface area contributed by atoms with E-state index in [0.717, 1.165) is 11.3 Å². The van der Waals surface area contributed by atoms with Gasteiger partial charge in [0.2, 0.25) is 0 Å². The molecule has 0 saturated carbocycles. The molecule has 1 aromatic heterocycles. The van der Waals surface area contributed by atoms with Crippen LogP contribution in [0.15, 0.2) is 36.5 Å². The number of anilines is 1. The lowest BCUT2D eigenvalue weighted by molar-refractivity contribution is 0.403. The van der Waals surface area contributed by atoms with Crippen LogP contribution in [0.25, 0.3) is 0 Å². The maximum atomic E-state index is 9.33. The Hall–Kier alpha value is -1.94. The van der Waals surface area contributed by atoms with Gasteiger partial charge in [0.05, 0.1) is 0 Å². The van der Waals surface area contributed by atoms with Crippen LogP contribution in [-0.2, 0) is 6.54 Å². The maximum absolute atomic E-state index is 9.33. The number of nitrogens with zero attached hydrogens (tertiary/aromatic N) is 1. The second kappa shape index (κ2) is 4.93. The van der Waals surface area contributed by atoms with Gasteiger partial charge in [-0.2, -0.15) is 0 Å². The Morgan fingerprint density at radius 3 is 2.65 bits per heavy atom. The Morgan fingerprint density at radius 1 is 1.12 bits per heavy atom. The van der Waals surface area contributed by atoms with Crippen molar-refractivity contribution in [2.45, 2.75) is 6.54 Å². The maximum Gasteiger partial charge on any atom is 0.157 e. The minimum absolute atomic E-state index is 0.124. The predicted octanol–water partition coefficient (Wildman–Crippen LogP) is 2.76. The van der Waals surface area contributed by atoms with Crippen LogP contribution in [0, 0.1) is 0 Å². The Bertz CT molecular complexity index is 532. The summed E-state index contributed by atoms with van der Waals surface area (Å²) in [6, 6.07) is 8.19. The van der Waals surface area contributed by atoms with Crippen LogP contribution in [0.1, 0.15) is 5.56 Å². The van der Waals surface area contributed by atoms with Crippen LogP contribution in [0.5, 0.6) is 11.5 Å². The molecule has 0 spiro atoms. The van der Waals surface area contributed by atoms with Gasteiger partial charge in [0.15, 0.2) is 11.5 Å². The van der Waals surface area contributed by atoms with E-state index in [1.54, 1.807) is 24.4 Å². The van der Waals surface area contributed by atoms with Gasteiger partial charge in [0.1, 0.15) is 5.15 Å². The molecule has 0 atom stereocenters. The van der Waals surface area contributed by atoms with E-state index < -0.39 is 0 Å². The van der Waals surface area contributed by atoms with E-state index in [1.165, 1.54) is 12.1 Å². The zero-order valence-electron chi connectivity index (χ0n) is 8.89. The summed E-state index contributed by atoms with van der Waals surface area (Å²) in [6.45, 7) is 0.522. The average molecular weight is 251 g/mol. The van der Waals surface area contributed by atoms with Crippen LogP contribution in [0.4, 0.5) is 5.69 Å². The van der Waals surface area contributed by atoms with Gasteiger partial charge in [0, 0.05) is 18.4 Å². The van der Waals surface area contributed by atoms with Crippen molar-refractivity contribution < 1.29 is 10.2 Å². The highest BCUT2D eigenvalue weighted by Gasteiger charge is 2.01. The summed E-state index contributed by atoms with van der Waals surface area (Å²) in [6.07, 6.45) is 1.61. The van der Waals surface area contributed by atoms with Gasteiger partial charge >= 0.3 is 0 Å². The highest BCUT2D eigenvalue weighted by atomic mass is 35.5. The molecular weight excluding hydrogens is 240 g/mol. The molecule has 0 amide bonds. The zero-order chi connectivity index (χ0) is 12.3.